The highest BCUT2D eigenvalue weighted by molar-refractivity contribution is 5.51. The third kappa shape index (κ3) is 3.39. The van der Waals surface area contributed by atoms with Gasteiger partial charge in [-0.15, -0.1) is 0 Å². The molecule has 1 aromatic carbocycles. The maximum absolute atomic E-state index is 5.39. The highest BCUT2D eigenvalue weighted by Gasteiger charge is 2.36. The first-order valence-electron chi connectivity index (χ1n) is 8.42. The molecule has 22 heavy (non-hydrogen) atoms. The third-order valence-corrected chi connectivity index (χ3v) is 5.20. The van der Waals surface area contributed by atoms with Gasteiger partial charge < -0.3 is 19.7 Å². The standard InChI is InChI=1S/C18H28N2O2/c1-3-18(13-22-14-18)12-19-10-15-7-8-20(11-15)16-5-4-6-17(9-16)21-2/h4-6,9,15,19H,3,7-8,10-14H2,1-2H3/t15-/m0/s1. The lowest BCUT2D eigenvalue weighted by Gasteiger charge is -2.41. The van der Waals surface area contributed by atoms with Crippen LogP contribution in [0.4, 0.5) is 5.69 Å². The highest BCUT2D eigenvalue weighted by atomic mass is 16.5. The third-order valence-electron chi connectivity index (χ3n) is 5.20. The van der Waals surface area contributed by atoms with E-state index in [1.807, 2.05) is 6.07 Å². The Hall–Kier alpha value is -1.26. The van der Waals surface area contributed by atoms with Crippen LogP contribution in [0.5, 0.6) is 5.75 Å². The van der Waals surface area contributed by atoms with Crippen molar-refractivity contribution in [1.29, 1.82) is 0 Å². The zero-order valence-corrected chi connectivity index (χ0v) is 13.8. The molecule has 0 radical (unpaired) electrons. The number of ether oxygens (including phenoxy) is 2. The Bertz CT molecular complexity index is 482. The van der Waals surface area contributed by atoms with E-state index >= 15 is 0 Å². The molecule has 0 saturated carbocycles. The summed E-state index contributed by atoms with van der Waals surface area (Å²) in [6, 6.07) is 8.38. The molecular formula is C18H28N2O2. The van der Waals surface area contributed by atoms with Crippen LogP contribution >= 0.6 is 0 Å². The van der Waals surface area contributed by atoms with Crippen LogP contribution in [-0.4, -0.2) is 46.5 Å². The van der Waals surface area contributed by atoms with Crippen molar-refractivity contribution >= 4 is 5.69 Å². The van der Waals surface area contributed by atoms with E-state index in [1.165, 1.54) is 18.5 Å². The molecule has 1 atom stereocenters. The van der Waals surface area contributed by atoms with E-state index in [-0.39, 0.29) is 0 Å². The molecule has 2 aliphatic rings. The number of nitrogens with zero attached hydrogens (tertiary/aromatic N) is 1. The summed E-state index contributed by atoms with van der Waals surface area (Å²) in [5.41, 5.74) is 1.68. The Kier molecular flexibility index (Phi) is 4.89. The lowest BCUT2D eigenvalue weighted by molar-refractivity contribution is -0.113. The molecule has 4 heteroatoms. The topological polar surface area (TPSA) is 33.7 Å². The Morgan fingerprint density at radius 3 is 2.95 bits per heavy atom. The molecule has 122 valence electrons. The van der Waals surface area contributed by atoms with Crippen molar-refractivity contribution in [2.75, 3.05) is 51.4 Å². The van der Waals surface area contributed by atoms with Crippen molar-refractivity contribution < 1.29 is 9.47 Å². The highest BCUT2D eigenvalue weighted by Crippen LogP contribution is 2.30. The predicted molar refractivity (Wildman–Crippen MR) is 89.7 cm³/mol. The fraction of sp³-hybridized carbons (Fsp3) is 0.667. The summed E-state index contributed by atoms with van der Waals surface area (Å²) < 4.78 is 10.7. The molecule has 0 aromatic heterocycles. The zero-order valence-electron chi connectivity index (χ0n) is 13.8. The van der Waals surface area contributed by atoms with E-state index in [0.717, 1.165) is 51.1 Å². The van der Waals surface area contributed by atoms with E-state index in [1.54, 1.807) is 7.11 Å². The van der Waals surface area contributed by atoms with Gasteiger partial charge in [0.1, 0.15) is 5.75 Å². The van der Waals surface area contributed by atoms with E-state index in [9.17, 15) is 0 Å². The Balaban J connectivity index is 1.45. The van der Waals surface area contributed by atoms with Crippen molar-refractivity contribution in [2.24, 2.45) is 11.3 Å². The molecule has 1 aromatic rings. The van der Waals surface area contributed by atoms with Crippen LogP contribution in [0.2, 0.25) is 0 Å². The molecule has 0 unspecified atom stereocenters. The van der Waals surface area contributed by atoms with Crippen LogP contribution in [0.1, 0.15) is 19.8 Å². The number of rotatable bonds is 7. The van der Waals surface area contributed by atoms with Crippen LogP contribution in [0.3, 0.4) is 0 Å². The lowest BCUT2D eigenvalue weighted by atomic mass is 9.83. The average molecular weight is 304 g/mol. The Morgan fingerprint density at radius 1 is 1.41 bits per heavy atom. The lowest BCUT2D eigenvalue weighted by Crippen LogP contribution is -2.50. The molecule has 2 aliphatic heterocycles. The number of anilines is 1. The molecule has 1 N–H and O–H groups in total. The largest absolute Gasteiger partial charge is 0.497 e. The van der Waals surface area contributed by atoms with Gasteiger partial charge >= 0.3 is 0 Å². The number of hydrogen-bond donors (Lipinski definition) is 1. The Morgan fingerprint density at radius 2 is 2.27 bits per heavy atom. The van der Waals surface area contributed by atoms with E-state index in [2.05, 4.69) is 35.3 Å². The fourth-order valence-corrected chi connectivity index (χ4v) is 3.40. The summed E-state index contributed by atoms with van der Waals surface area (Å²) in [4.78, 5) is 2.47. The molecule has 0 aliphatic carbocycles. The van der Waals surface area contributed by atoms with E-state index in [0.29, 0.717) is 5.41 Å². The minimum atomic E-state index is 0.408. The quantitative estimate of drug-likeness (QED) is 0.839. The summed E-state index contributed by atoms with van der Waals surface area (Å²) in [5, 5.41) is 3.68. The van der Waals surface area contributed by atoms with Gasteiger partial charge in [-0.2, -0.15) is 0 Å². The molecule has 2 heterocycles. The second-order valence-corrected chi connectivity index (χ2v) is 6.78. The number of methoxy groups -OCH3 is 1. The smallest absolute Gasteiger partial charge is 0.120 e. The maximum atomic E-state index is 5.39. The van der Waals surface area contributed by atoms with Crippen molar-refractivity contribution in [3.8, 4) is 5.75 Å². The van der Waals surface area contributed by atoms with Crippen LogP contribution in [0.15, 0.2) is 24.3 Å². The second kappa shape index (κ2) is 6.88. The van der Waals surface area contributed by atoms with Crippen LogP contribution in [0.25, 0.3) is 0 Å². The van der Waals surface area contributed by atoms with Gasteiger partial charge in [0.25, 0.3) is 0 Å². The average Bonchev–Trinajstić information content (AvgIpc) is 2.99. The van der Waals surface area contributed by atoms with Gasteiger partial charge in [0, 0.05) is 36.8 Å². The Labute approximate surface area is 133 Å². The van der Waals surface area contributed by atoms with E-state index in [4.69, 9.17) is 9.47 Å². The normalized spacial score (nSPS) is 23.4. The van der Waals surface area contributed by atoms with Crippen molar-refractivity contribution in [2.45, 2.75) is 19.8 Å². The first-order valence-corrected chi connectivity index (χ1v) is 8.42. The minimum absolute atomic E-state index is 0.408. The monoisotopic (exact) mass is 304 g/mol. The number of hydrogen-bond acceptors (Lipinski definition) is 4. The van der Waals surface area contributed by atoms with Gasteiger partial charge in [-0.05, 0) is 37.4 Å². The summed E-state index contributed by atoms with van der Waals surface area (Å²) in [5.74, 6) is 1.68. The van der Waals surface area contributed by atoms with Crippen LogP contribution in [0, 0.1) is 11.3 Å². The zero-order chi connectivity index (χ0) is 15.4. The van der Waals surface area contributed by atoms with Gasteiger partial charge in [-0.25, -0.2) is 0 Å². The molecule has 2 fully saturated rings. The van der Waals surface area contributed by atoms with Gasteiger partial charge in [0.15, 0.2) is 0 Å². The van der Waals surface area contributed by atoms with Crippen LogP contribution in [-0.2, 0) is 4.74 Å². The first kappa shape index (κ1) is 15.6. The van der Waals surface area contributed by atoms with Gasteiger partial charge in [0.05, 0.1) is 20.3 Å². The van der Waals surface area contributed by atoms with Crippen molar-refractivity contribution in [3.05, 3.63) is 24.3 Å². The first-order chi connectivity index (χ1) is 10.7. The summed E-state index contributed by atoms with van der Waals surface area (Å²) in [6.45, 7) is 8.61. The maximum Gasteiger partial charge on any atom is 0.120 e. The van der Waals surface area contributed by atoms with Crippen molar-refractivity contribution in [3.63, 3.8) is 0 Å². The summed E-state index contributed by atoms with van der Waals surface area (Å²) in [6.07, 6.45) is 2.47. The van der Waals surface area contributed by atoms with E-state index < -0.39 is 0 Å². The molecule has 0 spiro atoms. The summed E-state index contributed by atoms with van der Waals surface area (Å²) >= 11 is 0. The molecular weight excluding hydrogens is 276 g/mol. The fourth-order valence-electron chi connectivity index (χ4n) is 3.40. The summed E-state index contributed by atoms with van der Waals surface area (Å²) in [7, 11) is 1.73. The predicted octanol–water partition coefficient (Wildman–Crippen LogP) is 2.54. The number of benzene rings is 1. The van der Waals surface area contributed by atoms with Crippen molar-refractivity contribution in [1.82, 2.24) is 5.32 Å². The van der Waals surface area contributed by atoms with Crippen LogP contribution < -0.4 is 15.0 Å². The van der Waals surface area contributed by atoms with Gasteiger partial charge in [-0.3, -0.25) is 0 Å². The minimum Gasteiger partial charge on any atom is -0.497 e. The second-order valence-electron chi connectivity index (χ2n) is 6.78. The molecule has 4 nitrogen and oxygen atoms in total. The van der Waals surface area contributed by atoms with Gasteiger partial charge in [-0.1, -0.05) is 13.0 Å². The molecule has 0 bridgehead atoms. The molecule has 3 rings (SSSR count). The number of nitrogens with one attached hydrogen (secondary N) is 1. The molecule has 0 amide bonds. The molecule has 2 saturated heterocycles. The SMILES string of the molecule is CCC1(CNC[C@@H]2CCN(c3cccc(OC)c3)C2)COC1. The van der Waals surface area contributed by atoms with Gasteiger partial charge in [0.2, 0.25) is 0 Å².